The number of nitrogens with one attached hydrogen (secondary N) is 2. The van der Waals surface area contributed by atoms with E-state index in [1.807, 2.05) is 0 Å². The highest BCUT2D eigenvalue weighted by atomic mass is 16.6. The van der Waals surface area contributed by atoms with Crippen LogP contribution >= 0.6 is 0 Å². The molecule has 0 spiro atoms. The Morgan fingerprint density at radius 2 is 1.35 bits per heavy atom. The van der Waals surface area contributed by atoms with E-state index >= 15 is 0 Å². The Kier molecular flexibility index (Phi) is 15.0. The molecule has 1 aliphatic rings. The molecule has 0 bridgehead atoms. The van der Waals surface area contributed by atoms with Crippen LogP contribution in [0.4, 0.5) is 4.79 Å². The fourth-order valence-electron chi connectivity index (χ4n) is 3.68. The Bertz CT molecular complexity index is 528. The summed E-state index contributed by atoms with van der Waals surface area (Å²) in [5.41, 5.74) is 0. The molecule has 1 aliphatic heterocycles. The van der Waals surface area contributed by atoms with Crippen molar-refractivity contribution in [1.82, 2.24) is 10.6 Å². The van der Waals surface area contributed by atoms with Crippen molar-refractivity contribution in [2.45, 2.75) is 115 Å². The van der Waals surface area contributed by atoms with Crippen LogP contribution < -0.4 is 10.6 Å². The van der Waals surface area contributed by atoms with Gasteiger partial charge in [-0.05, 0) is 6.42 Å². The van der Waals surface area contributed by atoms with Gasteiger partial charge in [0, 0.05) is 13.1 Å². The number of ether oxygens (including phenoxy) is 1. The van der Waals surface area contributed by atoms with Crippen LogP contribution in [0.2, 0.25) is 0 Å². The van der Waals surface area contributed by atoms with Crippen LogP contribution in [0.5, 0.6) is 0 Å². The van der Waals surface area contributed by atoms with Crippen molar-refractivity contribution >= 4 is 17.8 Å². The third kappa shape index (κ3) is 12.1. The summed E-state index contributed by atoms with van der Waals surface area (Å²) in [6.45, 7) is 2.54. The number of hydrogen-bond donors (Lipinski definition) is 4. The molecule has 1 fully saturated rings. The summed E-state index contributed by atoms with van der Waals surface area (Å²) in [4.78, 5) is 34.4. The first-order valence-electron chi connectivity index (χ1n) is 12.1. The van der Waals surface area contributed by atoms with E-state index < -0.39 is 36.1 Å². The molecular weight excluding hydrogens is 400 g/mol. The van der Waals surface area contributed by atoms with Crippen molar-refractivity contribution in [2.75, 3.05) is 13.1 Å². The summed E-state index contributed by atoms with van der Waals surface area (Å²) in [6, 6.07) is -0.453. The second-order valence-electron chi connectivity index (χ2n) is 8.46. The van der Waals surface area contributed by atoms with Crippen molar-refractivity contribution < 1.29 is 29.3 Å². The third-order valence-electron chi connectivity index (χ3n) is 5.65. The Hall–Kier alpha value is -1.67. The van der Waals surface area contributed by atoms with Crippen LogP contribution in [0.15, 0.2) is 0 Å². The summed E-state index contributed by atoms with van der Waals surface area (Å²) in [6.07, 6.45) is 13.2. The molecule has 3 atom stereocenters. The number of ketones is 1. The van der Waals surface area contributed by atoms with E-state index in [1.165, 1.54) is 70.6 Å². The number of Topliss-reactive ketones (excluding diaryl/α,β-unsaturated/α-hetero) is 1. The Morgan fingerprint density at radius 1 is 0.871 bits per heavy atom. The molecule has 0 aromatic heterocycles. The van der Waals surface area contributed by atoms with Gasteiger partial charge in [-0.25, -0.2) is 9.59 Å². The van der Waals surface area contributed by atoms with E-state index in [0.29, 0.717) is 6.54 Å². The van der Waals surface area contributed by atoms with Gasteiger partial charge in [0.05, 0.1) is 0 Å². The third-order valence-corrected chi connectivity index (χ3v) is 5.65. The number of rotatable bonds is 18. The molecule has 4 N–H and O–H groups in total. The standard InChI is InChI=1S/C23H42N2O6/c1-2-3-4-5-6-7-8-9-10-11-12-13-14-15-16-24-23(30)25-17-18(26)21-19(27)20(28)22(29)31-21/h18,20-21,26,28H,2-17H2,1H3,(H2,24,25,30). The molecule has 180 valence electrons. The fraction of sp³-hybridized carbons (Fsp3) is 0.870. The Labute approximate surface area is 186 Å². The van der Waals surface area contributed by atoms with Gasteiger partial charge in [0.25, 0.3) is 0 Å². The van der Waals surface area contributed by atoms with Gasteiger partial charge < -0.3 is 25.6 Å². The number of carbonyl (C=O) groups is 3. The fourth-order valence-corrected chi connectivity index (χ4v) is 3.68. The number of carbonyl (C=O) groups excluding carboxylic acids is 3. The predicted molar refractivity (Wildman–Crippen MR) is 119 cm³/mol. The molecule has 0 radical (unpaired) electrons. The maximum absolute atomic E-state index is 11.7. The zero-order valence-electron chi connectivity index (χ0n) is 19.1. The minimum Gasteiger partial charge on any atom is -0.449 e. The number of cyclic esters (lactones) is 1. The molecule has 1 heterocycles. The summed E-state index contributed by atoms with van der Waals surface area (Å²) < 4.78 is 4.61. The van der Waals surface area contributed by atoms with Crippen molar-refractivity contribution in [3.8, 4) is 0 Å². The number of esters is 1. The number of urea groups is 1. The molecule has 8 nitrogen and oxygen atoms in total. The van der Waals surface area contributed by atoms with Crippen molar-refractivity contribution in [1.29, 1.82) is 0 Å². The molecule has 0 aromatic rings. The molecule has 8 heteroatoms. The van der Waals surface area contributed by atoms with Crippen molar-refractivity contribution in [3.05, 3.63) is 0 Å². The first-order valence-corrected chi connectivity index (χ1v) is 12.1. The number of amides is 2. The number of unbranched alkanes of at least 4 members (excludes halogenated alkanes) is 13. The van der Waals surface area contributed by atoms with Crippen molar-refractivity contribution in [2.24, 2.45) is 0 Å². The summed E-state index contributed by atoms with van der Waals surface area (Å²) >= 11 is 0. The van der Waals surface area contributed by atoms with Gasteiger partial charge in [-0.1, -0.05) is 90.4 Å². The summed E-state index contributed by atoms with van der Waals surface area (Å²) in [5, 5.41) is 24.2. The lowest BCUT2D eigenvalue weighted by Crippen LogP contribution is -2.45. The SMILES string of the molecule is CCCCCCCCCCCCCCCCNC(=O)NCC(O)C1OC(=O)C(O)C1=O. The normalized spacial score (nSPS) is 19.3. The minimum absolute atomic E-state index is 0.249. The van der Waals surface area contributed by atoms with Crippen LogP contribution in [0, 0.1) is 0 Å². The average molecular weight is 443 g/mol. The van der Waals surface area contributed by atoms with Crippen LogP contribution in [0.3, 0.4) is 0 Å². The highest BCUT2D eigenvalue weighted by Crippen LogP contribution is 2.14. The number of aliphatic hydroxyl groups is 2. The first-order chi connectivity index (χ1) is 15.0. The molecule has 0 aliphatic carbocycles. The first kappa shape index (κ1) is 27.4. The summed E-state index contributed by atoms with van der Waals surface area (Å²) in [5.74, 6) is -1.96. The van der Waals surface area contributed by atoms with Gasteiger partial charge in [-0.2, -0.15) is 0 Å². The van der Waals surface area contributed by atoms with E-state index in [4.69, 9.17) is 0 Å². The van der Waals surface area contributed by atoms with Gasteiger partial charge in [0.2, 0.25) is 11.9 Å². The second kappa shape index (κ2) is 17.0. The lowest BCUT2D eigenvalue weighted by Gasteiger charge is -2.16. The van der Waals surface area contributed by atoms with Gasteiger partial charge in [0.15, 0.2) is 6.10 Å². The zero-order valence-corrected chi connectivity index (χ0v) is 19.1. The zero-order chi connectivity index (χ0) is 22.9. The molecule has 0 aromatic carbocycles. The average Bonchev–Trinajstić information content (AvgIpc) is 3.02. The smallest absolute Gasteiger partial charge is 0.343 e. The largest absolute Gasteiger partial charge is 0.449 e. The van der Waals surface area contributed by atoms with E-state index in [2.05, 4.69) is 22.3 Å². The van der Waals surface area contributed by atoms with Crippen LogP contribution in [-0.2, 0) is 14.3 Å². The monoisotopic (exact) mass is 442 g/mol. The molecule has 1 saturated heterocycles. The lowest BCUT2D eigenvalue weighted by atomic mass is 10.0. The van der Waals surface area contributed by atoms with Crippen molar-refractivity contribution in [3.63, 3.8) is 0 Å². The van der Waals surface area contributed by atoms with Gasteiger partial charge in [-0.15, -0.1) is 0 Å². The van der Waals surface area contributed by atoms with Gasteiger partial charge >= 0.3 is 12.0 Å². The topological polar surface area (TPSA) is 125 Å². The quantitative estimate of drug-likeness (QED) is 0.147. The molecule has 1 rings (SSSR count). The molecular formula is C23H42N2O6. The Balaban J connectivity index is 1.87. The maximum atomic E-state index is 11.7. The summed E-state index contributed by atoms with van der Waals surface area (Å²) in [7, 11) is 0. The highest BCUT2D eigenvalue weighted by molar-refractivity contribution is 6.09. The molecule has 0 saturated carbocycles. The predicted octanol–water partition coefficient (Wildman–Crippen LogP) is 2.98. The Morgan fingerprint density at radius 3 is 1.81 bits per heavy atom. The molecule has 2 amide bonds. The van der Waals surface area contributed by atoms with Crippen LogP contribution in [-0.4, -0.2) is 59.4 Å². The maximum Gasteiger partial charge on any atom is 0.343 e. The van der Waals surface area contributed by atoms with Crippen LogP contribution in [0.25, 0.3) is 0 Å². The number of aliphatic hydroxyl groups excluding tert-OH is 2. The second-order valence-corrected chi connectivity index (χ2v) is 8.46. The molecule has 3 unspecified atom stereocenters. The highest BCUT2D eigenvalue weighted by Gasteiger charge is 2.45. The minimum atomic E-state index is -1.85. The number of hydrogen-bond acceptors (Lipinski definition) is 6. The van der Waals surface area contributed by atoms with E-state index in [0.717, 1.165) is 19.3 Å². The van der Waals surface area contributed by atoms with E-state index in [1.54, 1.807) is 0 Å². The molecule has 31 heavy (non-hydrogen) atoms. The van der Waals surface area contributed by atoms with E-state index in [-0.39, 0.29) is 6.54 Å². The lowest BCUT2D eigenvalue weighted by molar-refractivity contribution is -0.150. The van der Waals surface area contributed by atoms with Gasteiger partial charge in [0.1, 0.15) is 6.10 Å². The van der Waals surface area contributed by atoms with Crippen LogP contribution in [0.1, 0.15) is 96.8 Å². The van der Waals surface area contributed by atoms with Gasteiger partial charge in [-0.3, -0.25) is 4.79 Å². The van der Waals surface area contributed by atoms with E-state index in [9.17, 15) is 24.6 Å².